The number of anilines is 2. The fraction of sp³-hybridized carbons (Fsp3) is 0.174. The second kappa shape index (κ2) is 7.51. The van der Waals surface area contributed by atoms with Crippen molar-refractivity contribution in [2.75, 3.05) is 11.1 Å². The van der Waals surface area contributed by atoms with Crippen LogP contribution in [0.4, 0.5) is 11.4 Å². The average Bonchev–Trinajstić information content (AvgIpc) is 3.18. The molecule has 0 fully saturated rings. The highest BCUT2D eigenvalue weighted by Crippen LogP contribution is 2.35. The summed E-state index contributed by atoms with van der Waals surface area (Å²) in [6.07, 6.45) is 5.17. The maximum Gasteiger partial charge on any atom is 0.256 e. The number of nitrogens with one attached hydrogen (secondary N) is 3. The van der Waals surface area contributed by atoms with Crippen LogP contribution in [0.15, 0.2) is 42.7 Å². The Balaban J connectivity index is 1.64. The number of pyridine rings is 1. The Kier molecular flexibility index (Phi) is 4.87. The molecule has 1 aliphatic rings. The molecule has 4 rings (SSSR count). The first-order chi connectivity index (χ1) is 14.3. The van der Waals surface area contributed by atoms with Gasteiger partial charge in [0.2, 0.25) is 0 Å². The molecule has 152 valence electrons. The molecule has 2 aromatic heterocycles. The number of aromatic nitrogens is 2. The van der Waals surface area contributed by atoms with E-state index in [2.05, 4.69) is 20.6 Å². The van der Waals surface area contributed by atoms with Crippen molar-refractivity contribution < 1.29 is 9.59 Å². The first kappa shape index (κ1) is 19.4. The van der Waals surface area contributed by atoms with Gasteiger partial charge in [-0.3, -0.25) is 14.6 Å². The molecule has 7 nitrogen and oxygen atoms in total. The van der Waals surface area contributed by atoms with Crippen LogP contribution in [0.2, 0.25) is 0 Å². The summed E-state index contributed by atoms with van der Waals surface area (Å²) in [5.41, 5.74) is 12.6. The quantitative estimate of drug-likeness (QED) is 0.500. The Morgan fingerprint density at radius 3 is 2.60 bits per heavy atom. The summed E-state index contributed by atoms with van der Waals surface area (Å²) in [4.78, 5) is 32.6. The zero-order chi connectivity index (χ0) is 21.4. The number of nitrogen functional groups attached to an aromatic ring is 1. The van der Waals surface area contributed by atoms with Crippen molar-refractivity contribution in [2.45, 2.75) is 26.8 Å². The van der Waals surface area contributed by atoms with Crippen molar-refractivity contribution in [3.8, 4) is 0 Å². The minimum absolute atomic E-state index is 0.170. The van der Waals surface area contributed by atoms with E-state index in [1.165, 1.54) is 0 Å². The van der Waals surface area contributed by atoms with Crippen LogP contribution in [0.5, 0.6) is 0 Å². The van der Waals surface area contributed by atoms with Crippen LogP contribution >= 0.6 is 0 Å². The number of rotatable bonds is 4. The molecule has 0 radical (unpaired) electrons. The molecule has 3 heterocycles. The number of aryl methyl sites for hydroxylation is 1. The number of hydrogen-bond acceptors (Lipinski definition) is 4. The standard InChI is InChI=1S/C23H23N5O2/c1-12-20(26-14(3)21(12)24)11-18-17-10-16(4-5-19(17)28-23(18)30)22(29)27-13(2)15-6-8-25-9-7-15/h4-11,13,26H,24H2,1-3H3,(H,27,29)(H,28,30)/b18-11-. The molecule has 0 bridgehead atoms. The van der Waals surface area contributed by atoms with Gasteiger partial charge in [-0.1, -0.05) is 0 Å². The number of nitrogens with two attached hydrogens (primary N) is 1. The molecule has 7 heteroatoms. The molecule has 2 amide bonds. The number of nitrogens with zero attached hydrogens (tertiary/aromatic N) is 1. The summed E-state index contributed by atoms with van der Waals surface area (Å²) in [6.45, 7) is 5.71. The second-order valence-electron chi connectivity index (χ2n) is 7.45. The molecular weight excluding hydrogens is 378 g/mol. The maximum atomic E-state index is 12.8. The number of carbonyl (C=O) groups is 2. The van der Waals surface area contributed by atoms with Crippen molar-refractivity contribution >= 4 is 34.8 Å². The summed E-state index contributed by atoms with van der Waals surface area (Å²) < 4.78 is 0. The van der Waals surface area contributed by atoms with E-state index in [0.717, 1.165) is 22.5 Å². The number of aromatic amines is 1. The summed E-state index contributed by atoms with van der Waals surface area (Å²) in [6, 6.07) is 8.76. The molecule has 3 aromatic rings. The fourth-order valence-corrected chi connectivity index (χ4v) is 3.57. The number of benzene rings is 1. The van der Waals surface area contributed by atoms with Gasteiger partial charge in [0.05, 0.1) is 17.3 Å². The summed E-state index contributed by atoms with van der Waals surface area (Å²) >= 11 is 0. The lowest BCUT2D eigenvalue weighted by Crippen LogP contribution is -2.26. The number of hydrogen-bond donors (Lipinski definition) is 4. The van der Waals surface area contributed by atoms with Crippen molar-refractivity contribution in [3.63, 3.8) is 0 Å². The van der Waals surface area contributed by atoms with Gasteiger partial charge in [0.15, 0.2) is 0 Å². The normalized spacial score (nSPS) is 15.0. The van der Waals surface area contributed by atoms with Gasteiger partial charge in [-0.15, -0.1) is 0 Å². The fourth-order valence-electron chi connectivity index (χ4n) is 3.57. The van der Waals surface area contributed by atoms with E-state index in [1.54, 1.807) is 36.7 Å². The lowest BCUT2D eigenvalue weighted by atomic mass is 10.0. The van der Waals surface area contributed by atoms with Crippen LogP contribution in [-0.2, 0) is 4.79 Å². The van der Waals surface area contributed by atoms with Gasteiger partial charge in [-0.2, -0.15) is 0 Å². The second-order valence-corrected chi connectivity index (χ2v) is 7.45. The van der Waals surface area contributed by atoms with Crippen molar-refractivity contribution in [1.29, 1.82) is 0 Å². The Bertz CT molecular complexity index is 1180. The van der Waals surface area contributed by atoms with Crippen LogP contribution in [0.1, 0.15) is 51.4 Å². The predicted octanol–water partition coefficient (Wildman–Crippen LogP) is 3.59. The molecule has 1 aliphatic heterocycles. The first-order valence-corrected chi connectivity index (χ1v) is 9.68. The zero-order valence-electron chi connectivity index (χ0n) is 17.0. The van der Waals surface area contributed by atoms with Crippen LogP contribution in [0.3, 0.4) is 0 Å². The molecule has 1 aromatic carbocycles. The Morgan fingerprint density at radius 2 is 1.93 bits per heavy atom. The number of carbonyl (C=O) groups excluding carboxylic acids is 2. The molecule has 0 spiro atoms. The SMILES string of the molecule is Cc1[nH]c(/C=C2\C(=O)Nc3ccc(C(=O)NC(C)c4ccncc4)cc32)c(C)c1N. The van der Waals surface area contributed by atoms with Gasteiger partial charge in [0, 0.05) is 40.6 Å². The van der Waals surface area contributed by atoms with Crippen LogP contribution in [0, 0.1) is 13.8 Å². The van der Waals surface area contributed by atoms with Crippen molar-refractivity contribution in [2.24, 2.45) is 0 Å². The molecule has 30 heavy (non-hydrogen) atoms. The molecular formula is C23H23N5O2. The molecule has 0 saturated heterocycles. The van der Waals surface area contributed by atoms with Crippen LogP contribution in [-0.4, -0.2) is 21.8 Å². The van der Waals surface area contributed by atoms with E-state index in [-0.39, 0.29) is 17.9 Å². The molecule has 5 N–H and O–H groups in total. The van der Waals surface area contributed by atoms with E-state index in [9.17, 15) is 9.59 Å². The van der Waals surface area contributed by atoms with Gasteiger partial charge in [0.1, 0.15) is 0 Å². The Labute approximate surface area is 174 Å². The largest absolute Gasteiger partial charge is 0.397 e. The van der Waals surface area contributed by atoms with E-state index in [0.29, 0.717) is 28.1 Å². The number of H-pyrrole nitrogens is 1. The number of amides is 2. The number of fused-ring (bicyclic) bond motifs is 1. The minimum atomic E-state index is -0.211. The average molecular weight is 401 g/mol. The van der Waals surface area contributed by atoms with E-state index in [4.69, 9.17) is 5.73 Å². The predicted molar refractivity (Wildman–Crippen MR) is 118 cm³/mol. The van der Waals surface area contributed by atoms with Gasteiger partial charge < -0.3 is 21.4 Å². The van der Waals surface area contributed by atoms with Crippen molar-refractivity contribution in [1.82, 2.24) is 15.3 Å². The van der Waals surface area contributed by atoms with Gasteiger partial charge >= 0.3 is 0 Å². The lowest BCUT2D eigenvalue weighted by Gasteiger charge is -2.14. The summed E-state index contributed by atoms with van der Waals surface area (Å²) in [7, 11) is 0. The third-order valence-electron chi connectivity index (χ3n) is 5.44. The molecule has 1 unspecified atom stereocenters. The summed E-state index contributed by atoms with van der Waals surface area (Å²) in [5, 5.41) is 5.84. The van der Waals surface area contributed by atoms with Crippen molar-refractivity contribution in [3.05, 3.63) is 76.4 Å². The highest BCUT2D eigenvalue weighted by Gasteiger charge is 2.26. The molecule has 1 atom stereocenters. The van der Waals surface area contributed by atoms with E-state index >= 15 is 0 Å². The molecule has 0 aliphatic carbocycles. The highest BCUT2D eigenvalue weighted by atomic mass is 16.2. The smallest absolute Gasteiger partial charge is 0.256 e. The van der Waals surface area contributed by atoms with Gasteiger partial charge in [0.25, 0.3) is 11.8 Å². The van der Waals surface area contributed by atoms with Crippen LogP contribution < -0.4 is 16.4 Å². The Morgan fingerprint density at radius 1 is 1.20 bits per heavy atom. The third kappa shape index (κ3) is 3.45. The summed E-state index contributed by atoms with van der Waals surface area (Å²) in [5.74, 6) is -0.421. The molecule has 0 saturated carbocycles. The van der Waals surface area contributed by atoms with Gasteiger partial charge in [-0.05, 0) is 68.3 Å². The van der Waals surface area contributed by atoms with Gasteiger partial charge in [-0.25, -0.2) is 0 Å². The van der Waals surface area contributed by atoms with E-state index < -0.39 is 0 Å². The zero-order valence-corrected chi connectivity index (χ0v) is 17.0. The third-order valence-corrected chi connectivity index (χ3v) is 5.44. The lowest BCUT2D eigenvalue weighted by molar-refractivity contribution is -0.110. The Hall–Kier alpha value is -3.87. The van der Waals surface area contributed by atoms with Crippen LogP contribution in [0.25, 0.3) is 11.6 Å². The maximum absolute atomic E-state index is 12.8. The minimum Gasteiger partial charge on any atom is -0.397 e. The first-order valence-electron chi connectivity index (χ1n) is 9.68. The monoisotopic (exact) mass is 401 g/mol. The topological polar surface area (TPSA) is 113 Å². The van der Waals surface area contributed by atoms with E-state index in [1.807, 2.05) is 32.9 Å². The highest BCUT2D eigenvalue weighted by molar-refractivity contribution is 6.35.